The number of carbonyl (C=O) groups is 2. The van der Waals surface area contributed by atoms with Gasteiger partial charge in [-0.05, 0) is 49.4 Å². The van der Waals surface area contributed by atoms with Gasteiger partial charge in [0.1, 0.15) is 5.75 Å². The smallest absolute Gasteiger partial charge is 0.220 e. The fourth-order valence-corrected chi connectivity index (χ4v) is 2.94. The molecule has 0 aromatic heterocycles. The van der Waals surface area contributed by atoms with Crippen LogP contribution < -0.4 is 10.1 Å². The number of carbonyl (C=O) groups excluding carboxylic acids is 2. The Balaban J connectivity index is 1.77. The first-order valence-electron chi connectivity index (χ1n) is 8.18. The van der Waals surface area contributed by atoms with Gasteiger partial charge < -0.3 is 15.2 Å². The average Bonchev–Trinajstić information content (AvgIpc) is 2.55. The summed E-state index contributed by atoms with van der Waals surface area (Å²) in [6.45, 7) is 2.03. The first kappa shape index (κ1) is 17.5. The van der Waals surface area contributed by atoms with E-state index in [2.05, 4.69) is 5.32 Å². The van der Waals surface area contributed by atoms with Crippen LogP contribution in [0.15, 0.2) is 24.3 Å². The first-order valence-corrected chi connectivity index (χ1v) is 8.18. The Hall–Kier alpha value is -1.88. The third-order valence-corrected chi connectivity index (χ3v) is 4.50. The van der Waals surface area contributed by atoms with Gasteiger partial charge in [-0.1, -0.05) is 6.92 Å². The second-order valence-electron chi connectivity index (χ2n) is 6.12. The number of rotatable bonds is 8. The third-order valence-electron chi connectivity index (χ3n) is 4.50. The van der Waals surface area contributed by atoms with Crippen molar-refractivity contribution in [3.8, 4) is 5.75 Å². The van der Waals surface area contributed by atoms with Gasteiger partial charge in [-0.25, -0.2) is 0 Å². The van der Waals surface area contributed by atoms with Crippen LogP contribution in [0.3, 0.4) is 0 Å². The Bertz CT molecular complexity index is 534. The molecule has 1 unspecified atom stereocenters. The molecule has 1 aromatic carbocycles. The summed E-state index contributed by atoms with van der Waals surface area (Å²) in [7, 11) is 1.58. The number of hydrogen-bond donors (Lipinski definition) is 2. The molecule has 23 heavy (non-hydrogen) atoms. The van der Waals surface area contributed by atoms with Crippen LogP contribution in [0.25, 0.3) is 0 Å². The van der Waals surface area contributed by atoms with Gasteiger partial charge in [0.05, 0.1) is 13.2 Å². The van der Waals surface area contributed by atoms with Gasteiger partial charge in [0.2, 0.25) is 5.91 Å². The van der Waals surface area contributed by atoms with E-state index in [1.807, 2.05) is 6.92 Å². The molecular formula is C18H25NO4. The van der Waals surface area contributed by atoms with Crippen molar-refractivity contribution in [2.75, 3.05) is 7.11 Å². The van der Waals surface area contributed by atoms with Crippen molar-refractivity contribution in [2.24, 2.45) is 5.92 Å². The van der Waals surface area contributed by atoms with Gasteiger partial charge >= 0.3 is 0 Å². The molecule has 0 radical (unpaired) electrons. The number of aliphatic hydroxyl groups is 1. The van der Waals surface area contributed by atoms with Crippen molar-refractivity contribution in [3.63, 3.8) is 0 Å². The lowest BCUT2D eigenvalue weighted by Gasteiger charge is -2.37. The zero-order valence-corrected chi connectivity index (χ0v) is 13.7. The van der Waals surface area contributed by atoms with E-state index in [0.717, 1.165) is 19.3 Å². The number of aliphatic hydroxyl groups excluding tert-OH is 1. The van der Waals surface area contributed by atoms with Crippen molar-refractivity contribution >= 4 is 11.7 Å². The fraction of sp³-hybridized carbons (Fsp3) is 0.556. The highest BCUT2D eigenvalue weighted by molar-refractivity contribution is 5.98. The maximum atomic E-state index is 12.1. The molecule has 0 spiro atoms. The zero-order chi connectivity index (χ0) is 16.8. The monoisotopic (exact) mass is 319 g/mol. The molecular weight excluding hydrogens is 294 g/mol. The van der Waals surface area contributed by atoms with Crippen LogP contribution in [0.2, 0.25) is 0 Å². The van der Waals surface area contributed by atoms with Crippen molar-refractivity contribution in [1.29, 1.82) is 0 Å². The molecule has 5 heteroatoms. The molecule has 1 aliphatic rings. The summed E-state index contributed by atoms with van der Waals surface area (Å²) < 4.78 is 5.06. The van der Waals surface area contributed by atoms with E-state index in [9.17, 15) is 14.7 Å². The molecule has 1 saturated carbocycles. The van der Waals surface area contributed by atoms with E-state index >= 15 is 0 Å². The number of ether oxygens (including phenoxy) is 1. The van der Waals surface area contributed by atoms with Gasteiger partial charge in [0, 0.05) is 24.4 Å². The number of Topliss-reactive ketones (excluding diaryl/α,β-unsaturated/α-hetero) is 1. The van der Waals surface area contributed by atoms with Gasteiger partial charge in [-0.2, -0.15) is 0 Å². The molecule has 1 aliphatic carbocycles. The summed E-state index contributed by atoms with van der Waals surface area (Å²) in [6.07, 6.45) is 2.52. The summed E-state index contributed by atoms with van der Waals surface area (Å²) in [5, 5.41) is 12.4. The molecule has 126 valence electrons. The van der Waals surface area contributed by atoms with Crippen LogP contribution >= 0.6 is 0 Å². The van der Waals surface area contributed by atoms with Gasteiger partial charge in [-0.3, -0.25) is 9.59 Å². The van der Waals surface area contributed by atoms with Crippen molar-refractivity contribution < 1.29 is 19.4 Å². The zero-order valence-electron chi connectivity index (χ0n) is 13.7. The van der Waals surface area contributed by atoms with Crippen LogP contribution in [0.4, 0.5) is 0 Å². The van der Waals surface area contributed by atoms with Gasteiger partial charge in [0.25, 0.3) is 0 Å². The van der Waals surface area contributed by atoms with E-state index < -0.39 is 0 Å². The van der Waals surface area contributed by atoms with Crippen molar-refractivity contribution in [1.82, 2.24) is 5.32 Å². The Labute approximate surface area is 137 Å². The third kappa shape index (κ3) is 4.79. The molecule has 2 N–H and O–H groups in total. The molecule has 1 amide bonds. The number of hydrogen-bond acceptors (Lipinski definition) is 4. The van der Waals surface area contributed by atoms with Crippen LogP contribution in [0.1, 0.15) is 49.4 Å². The lowest BCUT2D eigenvalue weighted by atomic mass is 9.76. The predicted octanol–water partition coefficient (Wildman–Crippen LogP) is 2.32. The lowest BCUT2D eigenvalue weighted by Crippen LogP contribution is -2.46. The molecule has 5 nitrogen and oxygen atoms in total. The van der Waals surface area contributed by atoms with Gasteiger partial charge in [0.15, 0.2) is 5.78 Å². The SMILES string of the molecule is CCC(NC(=O)CCC(=O)c1ccc(OC)cc1)C1CC(O)C1. The summed E-state index contributed by atoms with van der Waals surface area (Å²) in [4.78, 5) is 24.1. The minimum atomic E-state index is -0.220. The number of methoxy groups -OCH3 is 1. The maximum absolute atomic E-state index is 12.1. The average molecular weight is 319 g/mol. The predicted molar refractivity (Wildman–Crippen MR) is 87.5 cm³/mol. The molecule has 1 aromatic rings. The van der Waals surface area contributed by atoms with Crippen molar-refractivity contribution in [2.45, 2.75) is 51.2 Å². The molecule has 0 heterocycles. The molecule has 2 rings (SSSR count). The minimum absolute atomic E-state index is 0.0464. The molecule has 0 saturated heterocycles. The molecule has 1 fully saturated rings. The van der Waals surface area contributed by atoms with Crippen LogP contribution in [-0.2, 0) is 4.79 Å². The molecule has 0 bridgehead atoms. The Morgan fingerprint density at radius 3 is 2.43 bits per heavy atom. The standard InChI is InChI=1S/C18H25NO4/c1-3-16(13-10-14(20)11-13)19-18(22)9-8-17(21)12-4-6-15(23-2)7-5-12/h4-7,13-14,16,20H,3,8-11H2,1-2H3,(H,19,22). The lowest BCUT2D eigenvalue weighted by molar-refractivity contribution is -0.123. The van der Waals surface area contributed by atoms with E-state index in [0.29, 0.717) is 17.2 Å². The highest BCUT2D eigenvalue weighted by atomic mass is 16.5. The molecule has 0 aliphatic heterocycles. The quantitative estimate of drug-likeness (QED) is 0.721. The van der Waals surface area contributed by atoms with Crippen LogP contribution in [-0.4, -0.2) is 36.1 Å². The Kier molecular flexibility index (Phi) is 6.16. The topological polar surface area (TPSA) is 75.6 Å². The van der Waals surface area contributed by atoms with E-state index in [-0.39, 0.29) is 36.7 Å². The summed E-state index contributed by atoms with van der Waals surface area (Å²) in [5.41, 5.74) is 0.591. The highest BCUT2D eigenvalue weighted by Crippen LogP contribution is 2.31. The second kappa shape index (κ2) is 8.11. The van der Waals surface area contributed by atoms with E-state index in [1.54, 1.807) is 31.4 Å². The largest absolute Gasteiger partial charge is 0.497 e. The van der Waals surface area contributed by atoms with Crippen LogP contribution in [0.5, 0.6) is 5.75 Å². The number of ketones is 1. The van der Waals surface area contributed by atoms with E-state index in [4.69, 9.17) is 4.74 Å². The first-order chi connectivity index (χ1) is 11.0. The van der Waals surface area contributed by atoms with E-state index in [1.165, 1.54) is 0 Å². The van der Waals surface area contributed by atoms with Crippen LogP contribution in [0, 0.1) is 5.92 Å². The maximum Gasteiger partial charge on any atom is 0.220 e. The highest BCUT2D eigenvalue weighted by Gasteiger charge is 2.33. The Morgan fingerprint density at radius 2 is 1.91 bits per heavy atom. The summed E-state index contributed by atoms with van der Waals surface area (Å²) in [6, 6.07) is 7.00. The van der Waals surface area contributed by atoms with Gasteiger partial charge in [-0.15, -0.1) is 0 Å². The second-order valence-corrected chi connectivity index (χ2v) is 6.12. The normalized spacial score (nSPS) is 21.2. The summed E-state index contributed by atoms with van der Waals surface area (Å²) >= 11 is 0. The number of benzene rings is 1. The number of nitrogens with one attached hydrogen (secondary N) is 1. The number of amides is 1. The fourth-order valence-electron chi connectivity index (χ4n) is 2.94. The minimum Gasteiger partial charge on any atom is -0.497 e. The molecule has 1 atom stereocenters. The summed E-state index contributed by atoms with van der Waals surface area (Å²) in [5.74, 6) is 0.916. The van der Waals surface area contributed by atoms with Crippen molar-refractivity contribution in [3.05, 3.63) is 29.8 Å². The Morgan fingerprint density at radius 1 is 1.26 bits per heavy atom.